The molecule has 1 aliphatic heterocycles. The second kappa shape index (κ2) is 6.26. The van der Waals surface area contributed by atoms with Gasteiger partial charge in [0.1, 0.15) is 0 Å². The molecule has 3 atom stereocenters. The summed E-state index contributed by atoms with van der Waals surface area (Å²) < 4.78 is 0. The van der Waals surface area contributed by atoms with E-state index in [0.29, 0.717) is 12.5 Å². The number of nitrogens with one attached hydrogen (secondary N) is 1. The molecule has 1 saturated heterocycles. The molecule has 2 aliphatic rings. The van der Waals surface area contributed by atoms with Gasteiger partial charge >= 0.3 is 12.0 Å². The number of nitrogens with zero attached hydrogens (tertiary/aromatic N) is 1. The van der Waals surface area contributed by atoms with Gasteiger partial charge in [0.25, 0.3) is 0 Å². The molecule has 3 unspecified atom stereocenters. The molecule has 2 rings (SSSR count). The molecule has 1 aliphatic carbocycles. The van der Waals surface area contributed by atoms with Crippen LogP contribution in [0.25, 0.3) is 0 Å². The number of hydrogen-bond donors (Lipinski definition) is 2. The zero-order valence-corrected chi connectivity index (χ0v) is 11.6. The molecule has 0 aromatic carbocycles. The lowest BCUT2D eigenvalue weighted by Crippen LogP contribution is -2.44. The van der Waals surface area contributed by atoms with Gasteiger partial charge in [0.05, 0.1) is 6.42 Å². The van der Waals surface area contributed by atoms with E-state index in [4.69, 9.17) is 5.11 Å². The Morgan fingerprint density at radius 3 is 2.74 bits per heavy atom. The number of hydrogen-bond acceptors (Lipinski definition) is 2. The number of likely N-dealkylation sites (tertiary alicyclic amines) is 1. The highest BCUT2D eigenvalue weighted by molar-refractivity contribution is 5.76. The topological polar surface area (TPSA) is 69.6 Å². The molecule has 0 aromatic heterocycles. The van der Waals surface area contributed by atoms with Crippen molar-refractivity contribution in [1.82, 2.24) is 10.2 Å². The third-order valence-corrected chi connectivity index (χ3v) is 4.39. The van der Waals surface area contributed by atoms with Gasteiger partial charge in [0.2, 0.25) is 0 Å². The number of rotatable bonds is 4. The maximum atomic E-state index is 12.1. The molecule has 2 amide bonds. The average molecular weight is 268 g/mol. The summed E-state index contributed by atoms with van der Waals surface area (Å²) in [6.07, 6.45) is 5.42. The van der Waals surface area contributed by atoms with E-state index in [-0.39, 0.29) is 18.5 Å². The molecule has 0 spiro atoms. The maximum absolute atomic E-state index is 12.1. The van der Waals surface area contributed by atoms with E-state index in [1.807, 2.05) is 0 Å². The molecule has 1 saturated carbocycles. The number of aliphatic carboxylic acids is 1. The van der Waals surface area contributed by atoms with Crippen molar-refractivity contribution in [2.45, 2.75) is 51.5 Å². The van der Waals surface area contributed by atoms with Gasteiger partial charge in [0.15, 0.2) is 0 Å². The summed E-state index contributed by atoms with van der Waals surface area (Å²) in [7, 11) is 0. The zero-order chi connectivity index (χ0) is 13.8. The highest BCUT2D eigenvalue weighted by atomic mass is 16.4. The minimum Gasteiger partial charge on any atom is -0.481 e. The second-order valence-corrected chi connectivity index (χ2v) is 6.06. The van der Waals surface area contributed by atoms with Crippen LogP contribution in [0.15, 0.2) is 0 Å². The van der Waals surface area contributed by atoms with E-state index in [0.717, 1.165) is 25.3 Å². The molecular formula is C14H24N2O3. The summed E-state index contributed by atoms with van der Waals surface area (Å²) in [5.74, 6) is 0.544. The van der Waals surface area contributed by atoms with E-state index in [9.17, 15) is 9.59 Å². The van der Waals surface area contributed by atoms with Crippen LogP contribution >= 0.6 is 0 Å². The molecule has 0 radical (unpaired) electrons. The van der Waals surface area contributed by atoms with Gasteiger partial charge in [-0.1, -0.05) is 13.3 Å². The van der Waals surface area contributed by atoms with Crippen LogP contribution in [0.2, 0.25) is 0 Å². The standard InChI is InChI=1S/C14H24N2O3/c1-10-4-5-11(7-10)9-15-14(19)16-6-2-3-12(16)8-13(17)18/h10-12H,2-9H2,1H3,(H,15,19)(H,17,18). The lowest BCUT2D eigenvalue weighted by Gasteiger charge is -2.24. The lowest BCUT2D eigenvalue weighted by molar-refractivity contribution is -0.137. The third-order valence-electron chi connectivity index (χ3n) is 4.39. The highest BCUT2D eigenvalue weighted by Crippen LogP contribution is 2.29. The minimum absolute atomic E-state index is 0.0634. The molecule has 2 fully saturated rings. The van der Waals surface area contributed by atoms with Crippen molar-refractivity contribution in [3.8, 4) is 0 Å². The molecular weight excluding hydrogens is 244 g/mol. The van der Waals surface area contributed by atoms with Gasteiger partial charge in [-0.05, 0) is 37.5 Å². The molecule has 5 nitrogen and oxygen atoms in total. The average Bonchev–Trinajstić information content (AvgIpc) is 2.94. The molecule has 108 valence electrons. The summed E-state index contributed by atoms with van der Waals surface area (Å²) >= 11 is 0. The first-order valence-electron chi connectivity index (χ1n) is 7.32. The highest BCUT2D eigenvalue weighted by Gasteiger charge is 2.31. The summed E-state index contributed by atoms with van der Waals surface area (Å²) in [5, 5.41) is 11.8. The first-order chi connectivity index (χ1) is 9.06. The first kappa shape index (κ1) is 14.2. The van der Waals surface area contributed by atoms with E-state index in [2.05, 4.69) is 12.2 Å². The summed E-state index contributed by atoms with van der Waals surface area (Å²) in [6, 6.07) is -0.205. The fraction of sp³-hybridized carbons (Fsp3) is 0.857. The molecule has 2 N–H and O–H groups in total. The van der Waals surface area contributed by atoms with Crippen LogP contribution in [0, 0.1) is 11.8 Å². The van der Waals surface area contributed by atoms with Crippen molar-refractivity contribution in [3.05, 3.63) is 0 Å². The van der Waals surface area contributed by atoms with E-state index in [1.54, 1.807) is 4.90 Å². The molecule has 1 heterocycles. The number of carboxylic acid groups (broad SMARTS) is 1. The van der Waals surface area contributed by atoms with Crippen LogP contribution in [0.4, 0.5) is 4.79 Å². The van der Waals surface area contributed by atoms with Crippen molar-refractivity contribution in [1.29, 1.82) is 0 Å². The normalized spacial score (nSPS) is 30.6. The fourth-order valence-corrected chi connectivity index (χ4v) is 3.36. The summed E-state index contributed by atoms with van der Waals surface area (Å²) in [6.45, 7) is 3.68. The van der Waals surface area contributed by atoms with Crippen molar-refractivity contribution in [2.24, 2.45) is 11.8 Å². The third kappa shape index (κ3) is 3.85. The van der Waals surface area contributed by atoms with Gasteiger partial charge in [-0.2, -0.15) is 0 Å². The van der Waals surface area contributed by atoms with Crippen LogP contribution in [0.5, 0.6) is 0 Å². The Balaban J connectivity index is 1.77. The predicted octanol–water partition coefficient (Wildman–Crippen LogP) is 2.07. The van der Waals surface area contributed by atoms with Crippen molar-refractivity contribution < 1.29 is 14.7 Å². The molecule has 5 heteroatoms. The Bertz CT molecular complexity index is 346. The summed E-state index contributed by atoms with van der Waals surface area (Å²) in [4.78, 5) is 24.6. The first-order valence-corrected chi connectivity index (χ1v) is 7.32. The van der Waals surface area contributed by atoms with E-state index in [1.165, 1.54) is 19.3 Å². The van der Waals surface area contributed by atoms with Crippen molar-refractivity contribution in [2.75, 3.05) is 13.1 Å². The molecule has 0 bridgehead atoms. The number of carboxylic acids is 1. The zero-order valence-electron chi connectivity index (χ0n) is 11.6. The Morgan fingerprint density at radius 2 is 2.11 bits per heavy atom. The number of carbonyl (C=O) groups excluding carboxylic acids is 1. The van der Waals surface area contributed by atoms with Crippen LogP contribution < -0.4 is 5.32 Å². The predicted molar refractivity (Wildman–Crippen MR) is 71.9 cm³/mol. The quantitative estimate of drug-likeness (QED) is 0.820. The van der Waals surface area contributed by atoms with Crippen LogP contribution in [-0.2, 0) is 4.79 Å². The number of amides is 2. The SMILES string of the molecule is CC1CCC(CNC(=O)N2CCCC2CC(=O)O)C1. The minimum atomic E-state index is -0.825. The van der Waals surface area contributed by atoms with Gasteiger partial charge in [0, 0.05) is 19.1 Å². The van der Waals surface area contributed by atoms with E-state index >= 15 is 0 Å². The van der Waals surface area contributed by atoms with Gasteiger partial charge in [-0.3, -0.25) is 4.79 Å². The number of carbonyl (C=O) groups is 2. The number of urea groups is 1. The second-order valence-electron chi connectivity index (χ2n) is 6.06. The fourth-order valence-electron chi connectivity index (χ4n) is 3.36. The monoisotopic (exact) mass is 268 g/mol. The van der Waals surface area contributed by atoms with Crippen LogP contribution in [-0.4, -0.2) is 41.1 Å². The maximum Gasteiger partial charge on any atom is 0.317 e. The Morgan fingerprint density at radius 1 is 1.32 bits per heavy atom. The van der Waals surface area contributed by atoms with Crippen LogP contribution in [0.3, 0.4) is 0 Å². The smallest absolute Gasteiger partial charge is 0.317 e. The van der Waals surface area contributed by atoms with Gasteiger partial charge in [-0.25, -0.2) is 4.79 Å². The van der Waals surface area contributed by atoms with Crippen LogP contribution in [0.1, 0.15) is 45.4 Å². The Labute approximate surface area is 114 Å². The molecule has 0 aromatic rings. The molecule has 19 heavy (non-hydrogen) atoms. The van der Waals surface area contributed by atoms with E-state index < -0.39 is 5.97 Å². The lowest BCUT2D eigenvalue weighted by atomic mass is 10.1. The Hall–Kier alpha value is -1.26. The van der Waals surface area contributed by atoms with Crippen molar-refractivity contribution in [3.63, 3.8) is 0 Å². The van der Waals surface area contributed by atoms with Gasteiger partial charge in [-0.15, -0.1) is 0 Å². The summed E-state index contributed by atoms with van der Waals surface area (Å²) in [5.41, 5.74) is 0. The largest absolute Gasteiger partial charge is 0.481 e. The van der Waals surface area contributed by atoms with Crippen molar-refractivity contribution >= 4 is 12.0 Å². The van der Waals surface area contributed by atoms with Gasteiger partial charge < -0.3 is 15.3 Å². The Kier molecular flexibility index (Phi) is 4.66.